The molecule has 1 saturated heterocycles. The van der Waals surface area contributed by atoms with Gasteiger partial charge in [0.25, 0.3) is 0 Å². The summed E-state index contributed by atoms with van der Waals surface area (Å²) in [5.74, 6) is 0. The summed E-state index contributed by atoms with van der Waals surface area (Å²) < 4.78 is 47.0. The number of nitriles is 1. The molecule has 1 fully saturated rings. The van der Waals surface area contributed by atoms with Crippen molar-refractivity contribution in [2.45, 2.75) is 30.9 Å². The third-order valence-electron chi connectivity index (χ3n) is 6.59. The van der Waals surface area contributed by atoms with Gasteiger partial charge in [-0.2, -0.15) is 18.4 Å². The van der Waals surface area contributed by atoms with Crippen molar-refractivity contribution in [2.75, 3.05) is 26.3 Å². The molecule has 1 N–H and O–H groups in total. The molecular formula is C28H27F3N2O. The maximum Gasteiger partial charge on any atom is 0.417 e. The van der Waals surface area contributed by atoms with Gasteiger partial charge >= 0.3 is 6.18 Å². The predicted molar refractivity (Wildman–Crippen MR) is 126 cm³/mol. The second kappa shape index (κ2) is 10.4. The highest BCUT2D eigenvalue weighted by Gasteiger charge is 2.35. The van der Waals surface area contributed by atoms with E-state index in [0.29, 0.717) is 36.3 Å². The molecule has 0 atom stereocenters. The van der Waals surface area contributed by atoms with E-state index >= 15 is 0 Å². The molecule has 0 radical (unpaired) electrons. The highest BCUT2D eigenvalue weighted by Crippen LogP contribution is 2.37. The molecule has 0 unspecified atom stereocenters. The fourth-order valence-electron chi connectivity index (χ4n) is 4.73. The van der Waals surface area contributed by atoms with Crippen LogP contribution in [0.1, 0.15) is 35.1 Å². The van der Waals surface area contributed by atoms with E-state index in [9.17, 15) is 18.4 Å². The number of nitrogens with zero attached hydrogens (tertiary/aromatic N) is 1. The number of benzene rings is 3. The number of hydrogen-bond donors (Lipinski definition) is 1. The zero-order chi connectivity index (χ0) is 24.0. The van der Waals surface area contributed by atoms with Crippen LogP contribution in [0.25, 0.3) is 11.1 Å². The van der Waals surface area contributed by atoms with Gasteiger partial charge in [-0.3, -0.25) is 0 Å². The highest BCUT2D eigenvalue weighted by molar-refractivity contribution is 5.70. The van der Waals surface area contributed by atoms with Gasteiger partial charge < -0.3 is 10.1 Å². The molecule has 1 heterocycles. The van der Waals surface area contributed by atoms with E-state index in [2.05, 4.69) is 17.4 Å². The summed E-state index contributed by atoms with van der Waals surface area (Å²) in [7, 11) is 0. The van der Waals surface area contributed by atoms with Crippen LogP contribution in [0.5, 0.6) is 0 Å². The third kappa shape index (κ3) is 5.32. The SMILES string of the molecule is N#Cc1cc(CCOCC2(c3ccccc3)CCNCC2)c(-c2ccccc2)cc1C(F)(F)F. The molecular weight excluding hydrogens is 437 g/mol. The van der Waals surface area contributed by atoms with Crippen molar-refractivity contribution in [1.82, 2.24) is 5.32 Å². The topological polar surface area (TPSA) is 45.0 Å². The fraction of sp³-hybridized carbons (Fsp3) is 0.321. The van der Waals surface area contributed by atoms with E-state index in [1.54, 1.807) is 30.3 Å². The quantitative estimate of drug-likeness (QED) is 0.428. The van der Waals surface area contributed by atoms with Crippen molar-refractivity contribution in [3.05, 3.63) is 95.1 Å². The van der Waals surface area contributed by atoms with Gasteiger partial charge in [-0.25, -0.2) is 0 Å². The van der Waals surface area contributed by atoms with E-state index in [-0.39, 0.29) is 11.0 Å². The normalized spacial score (nSPS) is 15.6. The molecule has 176 valence electrons. The summed E-state index contributed by atoms with van der Waals surface area (Å²) in [4.78, 5) is 0. The molecule has 3 nitrogen and oxygen atoms in total. The summed E-state index contributed by atoms with van der Waals surface area (Å²) in [5.41, 5.74) is 1.75. The second-order valence-corrected chi connectivity index (χ2v) is 8.73. The standard InChI is InChI=1S/C28H27F3N2O/c29-28(30,31)26-18-25(21-7-3-1-4-8-21)22(17-23(26)19-32)11-16-34-20-27(12-14-33-15-13-27)24-9-5-2-6-10-24/h1-10,17-18,33H,11-16,20H2. The number of alkyl halides is 3. The van der Waals surface area contributed by atoms with Crippen LogP contribution in [0, 0.1) is 11.3 Å². The number of halogens is 3. The molecule has 1 aliphatic rings. The lowest BCUT2D eigenvalue weighted by molar-refractivity contribution is -0.137. The zero-order valence-corrected chi connectivity index (χ0v) is 18.9. The monoisotopic (exact) mass is 464 g/mol. The Kier molecular flexibility index (Phi) is 7.35. The van der Waals surface area contributed by atoms with Gasteiger partial charge in [-0.05, 0) is 66.7 Å². The number of rotatable bonds is 7. The van der Waals surface area contributed by atoms with Crippen molar-refractivity contribution >= 4 is 0 Å². The molecule has 1 aliphatic heterocycles. The molecule has 0 spiro atoms. The Hall–Kier alpha value is -3.14. The number of ether oxygens (including phenoxy) is 1. The summed E-state index contributed by atoms with van der Waals surface area (Å²) in [6.45, 7) is 2.74. The van der Waals surface area contributed by atoms with Crippen molar-refractivity contribution < 1.29 is 17.9 Å². The lowest BCUT2D eigenvalue weighted by atomic mass is 9.74. The van der Waals surface area contributed by atoms with Crippen LogP contribution in [0.2, 0.25) is 0 Å². The molecule has 0 aromatic heterocycles. The van der Waals surface area contributed by atoms with Crippen LogP contribution >= 0.6 is 0 Å². The van der Waals surface area contributed by atoms with Gasteiger partial charge in [-0.1, -0.05) is 60.7 Å². The van der Waals surface area contributed by atoms with Gasteiger partial charge in [0.05, 0.1) is 30.4 Å². The third-order valence-corrected chi connectivity index (χ3v) is 6.59. The maximum atomic E-state index is 13.6. The van der Waals surface area contributed by atoms with Crippen LogP contribution in [0.3, 0.4) is 0 Å². The van der Waals surface area contributed by atoms with Crippen molar-refractivity contribution in [2.24, 2.45) is 0 Å². The minimum Gasteiger partial charge on any atom is -0.380 e. The predicted octanol–water partition coefficient (Wildman–Crippen LogP) is 6.12. The number of hydrogen-bond acceptors (Lipinski definition) is 3. The van der Waals surface area contributed by atoms with Gasteiger partial charge in [0.15, 0.2) is 0 Å². The Labute approximate surface area is 198 Å². The first-order valence-corrected chi connectivity index (χ1v) is 11.5. The van der Waals surface area contributed by atoms with Gasteiger partial charge in [-0.15, -0.1) is 0 Å². The van der Waals surface area contributed by atoms with E-state index in [0.717, 1.165) is 32.0 Å². The summed E-state index contributed by atoms with van der Waals surface area (Å²) >= 11 is 0. The van der Waals surface area contributed by atoms with Crippen molar-refractivity contribution in [1.29, 1.82) is 5.26 Å². The van der Waals surface area contributed by atoms with Gasteiger partial charge in [0.2, 0.25) is 0 Å². The first-order valence-electron chi connectivity index (χ1n) is 11.5. The largest absolute Gasteiger partial charge is 0.417 e. The molecule has 6 heteroatoms. The molecule has 0 amide bonds. The minimum absolute atomic E-state index is 0.0767. The van der Waals surface area contributed by atoms with Crippen LogP contribution in [0.4, 0.5) is 13.2 Å². The van der Waals surface area contributed by atoms with Crippen molar-refractivity contribution in [3.63, 3.8) is 0 Å². The Morgan fingerprint density at radius 3 is 2.21 bits per heavy atom. The van der Waals surface area contributed by atoms with Gasteiger partial charge in [0, 0.05) is 5.41 Å². The second-order valence-electron chi connectivity index (χ2n) is 8.73. The maximum absolute atomic E-state index is 13.6. The van der Waals surface area contributed by atoms with Crippen LogP contribution in [-0.2, 0) is 22.7 Å². The smallest absolute Gasteiger partial charge is 0.380 e. The molecule has 3 aromatic carbocycles. The van der Waals surface area contributed by atoms with Crippen LogP contribution < -0.4 is 5.32 Å². The van der Waals surface area contributed by atoms with E-state index < -0.39 is 11.7 Å². The first kappa shape index (κ1) is 24.0. The molecule has 4 rings (SSSR count). The lowest BCUT2D eigenvalue weighted by Crippen LogP contribution is -2.43. The van der Waals surface area contributed by atoms with Crippen molar-refractivity contribution in [3.8, 4) is 17.2 Å². The molecule has 0 aliphatic carbocycles. The molecule has 3 aromatic rings. The Morgan fingerprint density at radius 2 is 1.59 bits per heavy atom. The fourth-order valence-corrected chi connectivity index (χ4v) is 4.73. The summed E-state index contributed by atoms with van der Waals surface area (Å²) in [5, 5.41) is 12.8. The van der Waals surface area contributed by atoms with E-state index in [1.165, 1.54) is 11.6 Å². The van der Waals surface area contributed by atoms with Crippen LogP contribution in [-0.4, -0.2) is 26.3 Å². The molecule has 34 heavy (non-hydrogen) atoms. The Balaban J connectivity index is 1.56. The van der Waals surface area contributed by atoms with Crippen LogP contribution in [0.15, 0.2) is 72.8 Å². The Morgan fingerprint density at radius 1 is 0.941 bits per heavy atom. The average Bonchev–Trinajstić information content (AvgIpc) is 2.87. The lowest BCUT2D eigenvalue weighted by Gasteiger charge is -2.38. The van der Waals surface area contributed by atoms with E-state index in [4.69, 9.17) is 4.74 Å². The number of piperidine rings is 1. The van der Waals surface area contributed by atoms with E-state index in [1.807, 2.05) is 24.3 Å². The molecule has 0 saturated carbocycles. The Bertz CT molecular complexity index is 1130. The number of nitrogens with one attached hydrogen (secondary N) is 1. The highest BCUT2D eigenvalue weighted by atomic mass is 19.4. The molecule has 0 bridgehead atoms. The van der Waals surface area contributed by atoms with Gasteiger partial charge in [0.1, 0.15) is 0 Å². The summed E-state index contributed by atoms with van der Waals surface area (Å²) in [6.07, 6.45) is -2.25. The average molecular weight is 465 g/mol. The minimum atomic E-state index is -4.60. The summed E-state index contributed by atoms with van der Waals surface area (Å²) in [6, 6.07) is 23.5. The zero-order valence-electron chi connectivity index (χ0n) is 18.9. The first-order chi connectivity index (χ1) is 16.4.